The van der Waals surface area contributed by atoms with Gasteiger partial charge in [0.25, 0.3) is 0 Å². The van der Waals surface area contributed by atoms with Crippen LogP contribution in [-0.4, -0.2) is 17.4 Å². The van der Waals surface area contributed by atoms with E-state index in [4.69, 9.17) is 5.73 Å². The number of nitrogens with two attached hydrogens (primary N) is 1. The second-order valence-electron chi connectivity index (χ2n) is 5.44. The third-order valence-corrected chi connectivity index (χ3v) is 4.12. The molecule has 2 rings (SSSR count). The van der Waals surface area contributed by atoms with Gasteiger partial charge in [-0.1, -0.05) is 26.7 Å². The summed E-state index contributed by atoms with van der Waals surface area (Å²) in [6, 6.07) is -0.263. The summed E-state index contributed by atoms with van der Waals surface area (Å²) in [6.07, 6.45) is 5.38. The summed E-state index contributed by atoms with van der Waals surface area (Å²) >= 11 is 0. The molecule has 2 aliphatic rings. The third kappa shape index (κ3) is 1.93. The van der Waals surface area contributed by atoms with E-state index < -0.39 is 0 Å². The number of hydrogen-bond donors (Lipinski definition) is 2. The van der Waals surface area contributed by atoms with Gasteiger partial charge in [0.1, 0.15) is 5.84 Å². The van der Waals surface area contributed by atoms with E-state index in [-0.39, 0.29) is 11.6 Å². The molecule has 16 heavy (non-hydrogen) atoms. The molecule has 4 heteroatoms. The lowest BCUT2D eigenvalue weighted by Gasteiger charge is -2.27. The Labute approximate surface area is 96.7 Å². The van der Waals surface area contributed by atoms with Crippen molar-refractivity contribution in [1.82, 2.24) is 5.32 Å². The molecule has 0 aromatic heterocycles. The van der Waals surface area contributed by atoms with Gasteiger partial charge in [0.05, 0.1) is 5.54 Å². The molecule has 1 aliphatic heterocycles. The highest BCUT2D eigenvalue weighted by molar-refractivity contribution is 6.05. The molecule has 2 atom stereocenters. The van der Waals surface area contributed by atoms with Crippen LogP contribution in [0.25, 0.3) is 0 Å². The summed E-state index contributed by atoms with van der Waals surface area (Å²) in [7, 11) is 0. The van der Waals surface area contributed by atoms with E-state index >= 15 is 0 Å². The first kappa shape index (κ1) is 11.4. The Hall–Kier alpha value is -1.06. The fraction of sp³-hybridized carbons (Fsp3) is 0.833. The van der Waals surface area contributed by atoms with Crippen molar-refractivity contribution >= 4 is 11.9 Å². The van der Waals surface area contributed by atoms with E-state index in [2.05, 4.69) is 24.2 Å². The van der Waals surface area contributed by atoms with Crippen molar-refractivity contribution in [1.29, 1.82) is 0 Å². The van der Waals surface area contributed by atoms with Crippen LogP contribution in [-0.2, 0) is 0 Å². The Morgan fingerprint density at radius 2 is 2.19 bits per heavy atom. The van der Waals surface area contributed by atoms with Crippen molar-refractivity contribution in [3.8, 4) is 0 Å². The second-order valence-corrected chi connectivity index (χ2v) is 5.44. The van der Waals surface area contributed by atoms with Crippen molar-refractivity contribution in [2.24, 2.45) is 22.6 Å². The van der Waals surface area contributed by atoms with E-state index in [1.54, 1.807) is 0 Å². The second kappa shape index (κ2) is 4.07. The number of aliphatic imine (C=N–C) groups is 1. The number of nitrogens with zero attached hydrogens (tertiary/aromatic N) is 1. The maximum atomic E-state index is 11.3. The Morgan fingerprint density at radius 3 is 2.75 bits per heavy atom. The first-order valence-electron chi connectivity index (χ1n) is 6.20. The molecule has 1 saturated carbocycles. The number of rotatable bonds is 1. The van der Waals surface area contributed by atoms with Gasteiger partial charge in [-0.3, -0.25) is 0 Å². The average Bonchev–Trinajstić information content (AvgIpc) is 2.37. The Balaban J connectivity index is 2.09. The summed E-state index contributed by atoms with van der Waals surface area (Å²) in [4.78, 5) is 15.1. The molecule has 1 fully saturated rings. The number of carbonyl (C=O) groups excluding carboxylic acids is 1. The molecule has 90 valence electrons. The monoisotopic (exact) mass is 223 g/mol. The molecular weight excluding hydrogens is 202 g/mol. The van der Waals surface area contributed by atoms with Crippen LogP contribution >= 0.6 is 0 Å². The summed E-state index contributed by atoms with van der Waals surface area (Å²) in [5, 5.41) is 2.95. The molecule has 0 aromatic rings. The van der Waals surface area contributed by atoms with Crippen LogP contribution < -0.4 is 11.1 Å². The highest BCUT2D eigenvalue weighted by atomic mass is 16.2. The maximum Gasteiger partial charge on any atom is 0.343 e. The fourth-order valence-corrected chi connectivity index (χ4v) is 2.93. The van der Waals surface area contributed by atoms with Gasteiger partial charge in [-0.2, -0.15) is 4.99 Å². The zero-order valence-electron chi connectivity index (χ0n) is 10.1. The third-order valence-electron chi connectivity index (χ3n) is 4.12. The smallest absolute Gasteiger partial charge is 0.343 e. The lowest BCUT2D eigenvalue weighted by Crippen LogP contribution is -2.51. The van der Waals surface area contributed by atoms with Crippen molar-refractivity contribution < 1.29 is 4.79 Å². The summed E-state index contributed by atoms with van der Waals surface area (Å²) in [5.41, 5.74) is 5.57. The molecule has 0 aromatic carbocycles. The zero-order valence-corrected chi connectivity index (χ0v) is 10.1. The van der Waals surface area contributed by atoms with Crippen LogP contribution in [0.1, 0.15) is 46.0 Å². The Morgan fingerprint density at radius 1 is 1.44 bits per heavy atom. The minimum atomic E-state index is -0.319. The van der Waals surface area contributed by atoms with Gasteiger partial charge in [-0.05, 0) is 31.1 Å². The minimum absolute atomic E-state index is 0.263. The van der Waals surface area contributed by atoms with Crippen molar-refractivity contribution in [2.75, 3.05) is 0 Å². The van der Waals surface area contributed by atoms with Crippen molar-refractivity contribution in [3.63, 3.8) is 0 Å². The number of hydrogen-bond acceptors (Lipinski definition) is 2. The van der Waals surface area contributed by atoms with Gasteiger partial charge >= 0.3 is 6.03 Å². The number of carbonyl (C=O) groups is 1. The van der Waals surface area contributed by atoms with Gasteiger partial charge in [0.2, 0.25) is 0 Å². The summed E-state index contributed by atoms with van der Waals surface area (Å²) in [6.45, 7) is 4.54. The normalized spacial score (nSPS) is 35.1. The number of amidine groups is 1. The van der Waals surface area contributed by atoms with Crippen LogP contribution in [0, 0.1) is 11.8 Å². The predicted octanol–water partition coefficient (Wildman–Crippen LogP) is 2.04. The van der Waals surface area contributed by atoms with Gasteiger partial charge in [-0.15, -0.1) is 0 Å². The highest BCUT2D eigenvalue weighted by Crippen LogP contribution is 2.35. The lowest BCUT2D eigenvalue weighted by atomic mass is 9.86. The molecule has 0 saturated heterocycles. The van der Waals surface area contributed by atoms with E-state index in [9.17, 15) is 4.79 Å². The predicted molar refractivity (Wildman–Crippen MR) is 64.3 cm³/mol. The number of nitrogens with one attached hydrogen (secondary N) is 1. The first-order chi connectivity index (χ1) is 7.53. The van der Waals surface area contributed by atoms with Crippen LogP contribution in [0.5, 0.6) is 0 Å². The van der Waals surface area contributed by atoms with Gasteiger partial charge in [0.15, 0.2) is 0 Å². The summed E-state index contributed by atoms with van der Waals surface area (Å²) in [5.74, 6) is 1.97. The lowest BCUT2D eigenvalue weighted by molar-refractivity contribution is 0.243. The van der Waals surface area contributed by atoms with Gasteiger partial charge in [-0.25, -0.2) is 4.79 Å². The zero-order chi connectivity index (χ0) is 11.8. The average molecular weight is 223 g/mol. The minimum Gasteiger partial charge on any atom is -0.385 e. The molecule has 0 radical (unpaired) electrons. The van der Waals surface area contributed by atoms with Crippen LogP contribution in [0.3, 0.4) is 0 Å². The SMILES string of the molecule is CC(C)C1CCCC2(CC1)NC(=O)N=C2N. The van der Waals surface area contributed by atoms with Gasteiger partial charge in [0, 0.05) is 0 Å². The Kier molecular flexibility index (Phi) is 2.91. The van der Waals surface area contributed by atoms with Crippen LogP contribution in [0.4, 0.5) is 4.79 Å². The molecular formula is C12H21N3O. The van der Waals surface area contributed by atoms with Crippen LogP contribution in [0.15, 0.2) is 4.99 Å². The number of urea groups is 1. The molecule has 1 aliphatic carbocycles. The van der Waals surface area contributed by atoms with E-state index in [0.717, 1.165) is 31.6 Å². The van der Waals surface area contributed by atoms with Crippen molar-refractivity contribution in [3.05, 3.63) is 0 Å². The molecule has 2 amide bonds. The van der Waals surface area contributed by atoms with E-state index in [0.29, 0.717) is 11.8 Å². The molecule has 1 heterocycles. The first-order valence-corrected chi connectivity index (χ1v) is 6.20. The molecule has 1 spiro atoms. The van der Waals surface area contributed by atoms with Crippen LogP contribution in [0.2, 0.25) is 0 Å². The highest BCUT2D eigenvalue weighted by Gasteiger charge is 2.42. The van der Waals surface area contributed by atoms with Gasteiger partial charge < -0.3 is 11.1 Å². The van der Waals surface area contributed by atoms with E-state index in [1.165, 1.54) is 6.42 Å². The molecule has 0 bridgehead atoms. The number of amides is 2. The quantitative estimate of drug-likeness (QED) is 0.714. The summed E-state index contributed by atoms with van der Waals surface area (Å²) < 4.78 is 0. The maximum absolute atomic E-state index is 11.3. The molecule has 3 N–H and O–H groups in total. The molecule has 4 nitrogen and oxygen atoms in total. The standard InChI is InChI=1S/C12H21N3O/c1-8(2)9-4-3-6-12(7-5-9)10(13)14-11(16)15-12/h8-9H,3-7H2,1-2H3,(H3,13,14,15,16). The van der Waals surface area contributed by atoms with E-state index in [1.807, 2.05) is 0 Å². The molecule has 2 unspecified atom stereocenters. The topological polar surface area (TPSA) is 67.5 Å². The fourth-order valence-electron chi connectivity index (χ4n) is 2.93. The van der Waals surface area contributed by atoms with Crippen molar-refractivity contribution in [2.45, 2.75) is 51.5 Å². The Bertz CT molecular complexity index is 324. The largest absolute Gasteiger partial charge is 0.385 e.